The zero-order valence-electron chi connectivity index (χ0n) is 16.5. The Kier molecular flexibility index (Phi) is 7.04. The number of carbonyl (C=O) groups excluding carboxylic acids is 1. The van der Waals surface area contributed by atoms with E-state index in [4.69, 9.17) is 4.74 Å². The third-order valence-corrected chi connectivity index (χ3v) is 5.42. The van der Waals surface area contributed by atoms with Crippen molar-refractivity contribution in [1.82, 2.24) is 25.6 Å². The zero-order valence-corrected chi connectivity index (χ0v) is 16.5. The van der Waals surface area contributed by atoms with Gasteiger partial charge in [-0.25, -0.2) is 0 Å². The van der Waals surface area contributed by atoms with Crippen LogP contribution in [0.3, 0.4) is 0 Å². The number of carbonyl (C=O) groups is 1. The van der Waals surface area contributed by atoms with Crippen molar-refractivity contribution in [2.24, 2.45) is 0 Å². The van der Waals surface area contributed by atoms with Gasteiger partial charge in [0.2, 0.25) is 0 Å². The van der Waals surface area contributed by atoms with Crippen molar-refractivity contribution >= 4 is 16.9 Å². The minimum Gasteiger partial charge on any atom is -0.496 e. The summed E-state index contributed by atoms with van der Waals surface area (Å²) >= 11 is 0. The maximum Gasteiger partial charge on any atom is 0.255 e. The number of nitrogens with one attached hydrogen (secondary N) is 2. The maximum absolute atomic E-state index is 13.0. The molecule has 1 fully saturated rings. The number of rotatable bonds is 4. The molecule has 2 heterocycles. The quantitative estimate of drug-likeness (QED) is 0.860. The minimum atomic E-state index is -0.104. The van der Waals surface area contributed by atoms with Crippen LogP contribution in [0, 0.1) is 0 Å². The largest absolute Gasteiger partial charge is 0.496 e. The predicted molar refractivity (Wildman–Crippen MR) is 106 cm³/mol. The van der Waals surface area contributed by atoms with Gasteiger partial charge in [-0.1, -0.05) is 39.0 Å². The zero-order chi connectivity index (χ0) is 19.1. The van der Waals surface area contributed by atoms with Gasteiger partial charge in [0, 0.05) is 18.7 Å². The molecule has 0 saturated carbocycles. The summed E-state index contributed by atoms with van der Waals surface area (Å²) in [6.45, 7) is 5.22. The van der Waals surface area contributed by atoms with E-state index >= 15 is 0 Å². The first kappa shape index (κ1) is 19.6. The Morgan fingerprint density at radius 3 is 2.63 bits per heavy atom. The summed E-state index contributed by atoms with van der Waals surface area (Å²) < 4.78 is 5.42. The van der Waals surface area contributed by atoms with Crippen LogP contribution in [0.4, 0.5) is 0 Å². The van der Waals surface area contributed by atoms with Gasteiger partial charge in [-0.2, -0.15) is 15.4 Å². The number of amides is 1. The van der Waals surface area contributed by atoms with Crippen LogP contribution in [-0.2, 0) is 0 Å². The Bertz CT molecular complexity index is 745. The van der Waals surface area contributed by atoms with Crippen molar-refractivity contribution in [1.29, 1.82) is 0 Å². The van der Waals surface area contributed by atoms with E-state index in [2.05, 4.69) is 32.6 Å². The predicted octanol–water partition coefficient (Wildman–Crippen LogP) is 3.13. The average molecular weight is 374 g/mol. The molecule has 1 aliphatic heterocycles. The highest BCUT2D eigenvalue weighted by Gasteiger charge is 2.21. The number of methoxy groups -OCH3 is 1. The second-order valence-electron chi connectivity index (χ2n) is 7.34. The molecule has 0 spiro atoms. The lowest BCUT2D eigenvalue weighted by atomic mass is 10.1. The number of fused-ring (bicyclic) bond motifs is 1. The second kappa shape index (κ2) is 9.69. The maximum atomic E-state index is 13.0. The average Bonchev–Trinajstić information content (AvgIpc) is 3.12. The SMILES string of the molecule is CCN1CCCCCCCCC(NC(=O)c2cc3n[nH]nc3cc2OC)C1. The first-order valence-corrected chi connectivity index (χ1v) is 10.1. The van der Waals surface area contributed by atoms with Crippen LogP contribution < -0.4 is 10.1 Å². The molecule has 0 radical (unpaired) electrons. The van der Waals surface area contributed by atoms with E-state index in [-0.39, 0.29) is 11.9 Å². The first-order valence-electron chi connectivity index (χ1n) is 10.1. The summed E-state index contributed by atoms with van der Waals surface area (Å²) in [5.41, 5.74) is 1.87. The van der Waals surface area contributed by atoms with Crippen molar-refractivity contribution in [3.63, 3.8) is 0 Å². The lowest BCUT2D eigenvalue weighted by Crippen LogP contribution is -2.44. The van der Waals surface area contributed by atoms with Gasteiger partial charge in [0.05, 0.1) is 12.7 Å². The van der Waals surface area contributed by atoms with Crippen LogP contribution in [0.25, 0.3) is 11.0 Å². The van der Waals surface area contributed by atoms with Gasteiger partial charge in [0.1, 0.15) is 16.8 Å². The summed E-state index contributed by atoms with van der Waals surface area (Å²) in [7, 11) is 1.57. The summed E-state index contributed by atoms with van der Waals surface area (Å²) in [5, 5.41) is 14.0. The highest BCUT2D eigenvalue weighted by molar-refractivity contribution is 6.00. The van der Waals surface area contributed by atoms with E-state index in [0.717, 1.165) is 32.5 Å². The van der Waals surface area contributed by atoms with E-state index in [9.17, 15) is 4.79 Å². The molecule has 7 nitrogen and oxygen atoms in total. The van der Waals surface area contributed by atoms with Crippen LogP contribution >= 0.6 is 0 Å². The Hall–Kier alpha value is -2.15. The fraction of sp³-hybridized carbons (Fsp3) is 0.650. The molecule has 0 aliphatic carbocycles. The molecule has 7 heteroatoms. The van der Waals surface area contributed by atoms with E-state index in [1.807, 2.05) is 0 Å². The van der Waals surface area contributed by atoms with E-state index < -0.39 is 0 Å². The number of nitrogens with zero attached hydrogens (tertiary/aromatic N) is 3. The highest BCUT2D eigenvalue weighted by atomic mass is 16.5. The fourth-order valence-electron chi connectivity index (χ4n) is 3.81. The van der Waals surface area contributed by atoms with Gasteiger partial charge in [-0.15, -0.1) is 0 Å². The second-order valence-corrected chi connectivity index (χ2v) is 7.34. The number of aromatic amines is 1. The summed E-state index contributed by atoms with van der Waals surface area (Å²) in [6.07, 6.45) is 8.58. The molecule has 0 bridgehead atoms. The molecular weight excluding hydrogens is 342 g/mol. The van der Waals surface area contributed by atoms with Crippen molar-refractivity contribution in [2.45, 2.75) is 57.9 Å². The van der Waals surface area contributed by atoms with Gasteiger partial charge in [-0.05, 0) is 32.0 Å². The third-order valence-electron chi connectivity index (χ3n) is 5.42. The molecule has 1 aliphatic rings. The molecule has 2 aromatic rings. The standard InChI is InChI=1S/C20H31N5O2/c1-3-25-11-9-7-5-4-6-8-10-15(14-25)21-20(26)16-12-17-18(23-24-22-17)13-19(16)27-2/h12-13,15H,3-11,14H2,1-2H3,(H,21,26)(H,22,23,24). The Morgan fingerprint density at radius 2 is 1.89 bits per heavy atom. The van der Waals surface area contributed by atoms with E-state index in [1.54, 1.807) is 19.2 Å². The third kappa shape index (κ3) is 5.19. The summed E-state index contributed by atoms with van der Waals surface area (Å²) in [6, 6.07) is 3.65. The van der Waals surface area contributed by atoms with Crippen LogP contribution in [0.2, 0.25) is 0 Å². The lowest BCUT2D eigenvalue weighted by Gasteiger charge is -2.27. The lowest BCUT2D eigenvalue weighted by molar-refractivity contribution is 0.0918. The Balaban J connectivity index is 1.74. The van der Waals surface area contributed by atoms with E-state index in [0.29, 0.717) is 22.3 Å². The summed E-state index contributed by atoms with van der Waals surface area (Å²) in [5.74, 6) is 0.422. The molecular formula is C20H31N5O2. The molecule has 1 saturated heterocycles. The molecule has 1 amide bonds. The van der Waals surface area contributed by atoms with Crippen LogP contribution in [0.15, 0.2) is 12.1 Å². The van der Waals surface area contributed by atoms with Crippen molar-refractivity contribution in [3.05, 3.63) is 17.7 Å². The number of likely N-dealkylation sites (N-methyl/N-ethyl adjacent to an activating group) is 1. The molecule has 1 unspecified atom stereocenters. The van der Waals surface area contributed by atoms with Crippen molar-refractivity contribution in [2.75, 3.05) is 26.7 Å². The highest BCUT2D eigenvalue weighted by Crippen LogP contribution is 2.24. The first-order chi connectivity index (χ1) is 13.2. The number of aromatic nitrogens is 3. The number of hydrogen-bond acceptors (Lipinski definition) is 5. The van der Waals surface area contributed by atoms with Crippen molar-refractivity contribution in [3.8, 4) is 5.75 Å². The molecule has 148 valence electrons. The smallest absolute Gasteiger partial charge is 0.255 e. The van der Waals surface area contributed by atoms with Gasteiger partial charge < -0.3 is 15.0 Å². The number of benzene rings is 1. The van der Waals surface area contributed by atoms with Gasteiger partial charge in [-0.3, -0.25) is 4.79 Å². The molecule has 2 N–H and O–H groups in total. The van der Waals surface area contributed by atoms with Crippen molar-refractivity contribution < 1.29 is 9.53 Å². The number of H-pyrrole nitrogens is 1. The van der Waals surface area contributed by atoms with Gasteiger partial charge in [0.25, 0.3) is 5.91 Å². The summed E-state index contributed by atoms with van der Waals surface area (Å²) in [4.78, 5) is 15.5. The monoisotopic (exact) mass is 373 g/mol. The van der Waals surface area contributed by atoms with E-state index in [1.165, 1.54) is 32.1 Å². The van der Waals surface area contributed by atoms with Gasteiger partial charge in [0.15, 0.2) is 0 Å². The van der Waals surface area contributed by atoms with Crippen LogP contribution in [0.5, 0.6) is 5.75 Å². The van der Waals surface area contributed by atoms with Crippen LogP contribution in [-0.4, -0.2) is 59.0 Å². The Morgan fingerprint density at radius 1 is 1.19 bits per heavy atom. The van der Waals surface area contributed by atoms with Crippen LogP contribution in [0.1, 0.15) is 62.2 Å². The topological polar surface area (TPSA) is 83.1 Å². The number of ether oxygens (including phenoxy) is 1. The fourth-order valence-corrected chi connectivity index (χ4v) is 3.81. The molecule has 1 aromatic carbocycles. The molecule has 27 heavy (non-hydrogen) atoms. The minimum absolute atomic E-state index is 0.104. The Labute approximate surface area is 160 Å². The number of hydrogen-bond donors (Lipinski definition) is 2. The molecule has 1 aromatic heterocycles. The molecule has 3 rings (SSSR count). The normalized spacial score (nSPS) is 20.1. The van der Waals surface area contributed by atoms with Gasteiger partial charge >= 0.3 is 0 Å². The molecule has 1 atom stereocenters.